The predicted octanol–water partition coefficient (Wildman–Crippen LogP) is 4.31. The maximum absolute atomic E-state index is 12.8. The predicted molar refractivity (Wildman–Crippen MR) is 93.3 cm³/mol. The lowest BCUT2D eigenvalue weighted by Crippen LogP contribution is -2.23. The molecule has 0 unspecified atom stereocenters. The van der Waals surface area contributed by atoms with Crippen LogP contribution in [0, 0.1) is 0 Å². The van der Waals surface area contributed by atoms with Gasteiger partial charge in [-0.3, -0.25) is 4.79 Å². The quantitative estimate of drug-likeness (QED) is 0.836. The number of nitrogens with one attached hydrogen (secondary N) is 1. The van der Waals surface area contributed by atoms with Gasteiger partial charge in [-0.05, 0) is 58.9 Å². The number of aromatic nitrogens is 1. The summed E-state index contributed by atoms with van der Waals surface area (Å²) in [5.74, 6) is 1.22. The number of nitrogens with zero attached hydrogens (tertiary/aromatic N) is 1. The number of anilines is 1. The fraction of sp³-hybridized carbons (Fsp3) is 0.368. The number of hydrogen-bond donors (Lipinski definition) is 1. The number of ketones is 1. The number of hydrogen-bond acceptors (Lipinski definition) is 4. The summed E-state index contributed by atoms with van der Waals surface area (Å²) in [5, 5.41) is 3.21. The van der Waals surface area contributed by atoms with Crippen molar-refractivity contribution >= 4 is 11.6 Å². The molecule has 122 valence electrons. The summed E-state index contributed by atoms with van der Waals surface area (Å²) in [6, 6.07) is 11.0. The Morgan fingerprint density at radius 2 is 1.91 bits per heavy atom. The minimum Gasteiger partial charge on any atom is -0.488 e. The van der Waals surface area contributed by atoms with Crippen LogP contribution in [0.4, 0.5) is 5.82 Å². The Morgan fingerprint density at radius 1 is 1.17 bits per heavy atom. The molecule has 0 aliphatic carbocycles. The zero-order valence-electron chi connectivity index (χ0n) is 14.4. The largest absolute Gasteiger partial charge is 0.488 e. The van der Waals surface area contributed by atoms with Crippen LogP contribution in [0.1, 0.15) is 50.5 Å². The van der Waals surface area contributed by atoms with Gasteiger partial charge in [0.1, 0.15) is 17.2 Å². The van der Waals surface area contributed by atoms with Crippen molar-refractivity contribution in [2.75, 3.05) is 5.32 Å². The number of carbonyl (C=O) groups is 1. The molecule has 0 saturated heterocycles. The van der Waals surface area contributed by atoms with Crippen LogP contribution in [0.25, 0.3) is 0 Å². The van der Waals surface area contributed by atoms with Crippen LogP contribution in [-0.4, -0.2) is 22.4 Å². The summed E-state index contributed by atoms with van der Waals surface area (Å²) >= 11 is 0. The molecule has 0 atom stereocenters. The number of rotatable bonds is 5. The van der Waals surface area contributed by atoms with Crippen LogP contribution < -0.4 is 10.1 Å². The zero-order chi connectivity index (χ0) is 17.0. The number of ether oxygens (including phenoxy) is 1. The molecule has 1 aromatic heterocycles. The Hall–Kier alpha value is -2.36. The van der Waals surface area contributed by atoms with Crippen molar-refractivity contribution in [2.24, 2.45) is 0 Å². The van der Waals surface area contributed by atoms with E-state index in [9.17, 15) is 4.79 Å². The molecule has 0 saturated carbocycles. The van der Waals surface area contributed by atoms with Gasteiger partial charge in [0.15, 0.2) is 5.78 Å². The van der Waals surface area contributed by atoms with Crippen molar-refractivity contribution in [3.63, 3.8) is 0 Å². The molecule has 4 nitrogen and oxygen atoms in total. The molecule has 4 heteroatoms. The molecule has 0 fully saturated rings. The van der Waals surface area contributed by atoms with Gasteiger partial charge >= 0.3 is 0 Å². The van der Waals surface area contributed by atoms with Gasteiger partial charge in [-0.1, -0.05) is 12.1 Å². The van der Waals surface area contributed by atoms with Gasteiger partial charge in [0.05, 0.1) is 5.56 Å². The lowest BCUT2D eigenvalue weighted by Gasteiger charge is -2.21. The number of carbonyl (C=O) groups excluding carboxylic acids is 1. The highest BCUT2D eigenvalue weighted by Crippen LogP contribution is 2.23. The highest BCUT2D eigenvalue weighted by atomic mass is 16.5. The van der Waals surface area contributed by atoms with Crippen molar-refractivity contribution in [1.29, 1.82) is 0 Å². The molecular formula is C19H24N2O2. The Bertz CT molecular complexity index is 688. The van der Waals surface area contributed by atoms with Crippen molar-refractivity contribution in [3.05, 3.63) is 53.7 Å². The first-order valence-electron chi connectivity index (χ1n) is 7.81. The monoisotopic (exact) mass is 312 g/mol. The summed E-state index contributed by atoms with van der Waals surface area (Å²) in [4.78, 5) is 17.1. The third-order valence-corrected chi connectivity index (χ3v) is 3.00. The van der Waals surface area contributed by atoms with Crippen LogP contribution in [0.2, 0.25) is 0 Å². The maximum atomic E-state index is 12.8. The first kappa shape index (κ1) is 17.0. The minimum atomic E-state index is -0.305. The Balaban J connectivity index is 2.33. The van der Waals surface area contributed by atoms with E-state index in [0.717, 1.165) is 0 Å². The molecule has 0 bridgehead atoms. The van der Waals surface area contributed by atoms with Gasteiger partial charge in [-0.15, -0.1) is 0 Å². The first-order chi connectivity index (χ1) is 10.8. The van der Waals surface area contributed by atoms with E-state index in [1.165, 1.54) is 0 Å². The topological polar surface area (TPSA) is 51.2 Å². The van der Waals surface area contributed by atoms with E-state index in [2.05, 4.69) is 10.3 Å². The summed E-state index contributed by atoms with van der Waals surface area (Å²) in [5.41, 5.74) is 0.848. The molecular weight excluding hydrogens is 288 g/mol. The normalized spacial score (nSPS) is 11.4. The third kappa shape index (κ3) is 4.81. The van der Waals surface area contributed by atoms with E-state index in [0.29, 0.717) is 22.7 Å². The molecule has 0 radical (unpaired) electrons. The van der Waals surface area contributed by atoms with Crippen LogP contribution in [0.15, 0.2) is 42.6 Å². The average Bonchev–Trinajstić information content (AvgIpc) is 2.45. The lowest BCUT2D eigenvalue weighted by molar-refractivity contribution is 0.103. The van der Waals surface area contributed by atoms with E-state index in [-0.39, 0.29) is 17.4 Å². The van der Waals surface area contributed by atoms with Gasteiger partial charge < -0.3 is 10.1 Å². The lowest BCUT2D eigenvalue weighted by atomic mass is 10.0. The van der Waals surface area contributed by atoms with Gasteiger partial charge in [0, 0.05) is 17.8 Å². The summed E-state index contributed by atoms with van der Waals surface area (Å²) in [6.07, 6.45) is 1.68. The summed E-state index contributed by atoms with van der Waals surface area (Å²) < 4.78 is 5.84. The van der Waals surface area contributed by atoms with Gasteiger partial charge in [0.2, 0.25) is 0 Å². The van der Waals surface area contributed by atoms with Crippen LogP contribution in [-0.2, 0) is 0 Å². The summed E-state index contributed by atoms with van der Waals surface area (Å²) in [6.45, 7) is 9.97. The standard InChI is InChI=1S/C19H24N2O2/c1-13(2)21-18-16(10-7-11-20-18)17(22)14-8-6-9-15(12-14)23-19(3,4)5/h6-13H,1-5H3,(H,20,21). The highest BCUT2D eigenvalue weighted by molar-refractivity contribution is 6.12. The Kier molecular flexibility index (Phi) is 5.04. The van der Waals surface area contributed by atoms with Crippen LogP contribution in [0.5, 0.6) is 5.75 Å². The van der Waals surface area contributed by atoms with E-state index >= 15 is 0 Å². The smallest absolute Gasteiger partial charge is 0.196 e. The third-order valence-electron chi connectivity index (χ3n) is 3.00. The van der Waals surface area contributed by atoms with Crippen molar-refractivity contribution < 1.29 is 9.53 Å². The molecule has 1 N–H and O–H groups in total. The van der Waals surface area contributed by atoms with E-state index in [1.807, 2.05) is 46.8 Å². The Labute approximate surface area is 137 Å². The number of benzene rings is 1. The summed E-state index contributed by atoms with van der Waals surface area (Å²) in [7, 11) is 0. The molecule has 0 aliphatic heterocycles. The second kappa shape index (κ2) is 6.82. The fourth-order valence-electron chi connectivity index (χ4n) is 2.19. The van der Waals surface area contributed by atoms with Gasteiger partial charge in [-0.25, -0.2) is 4.98 Å². The molecule has 2 rings (SSSR count). The molecule has 0 aliphatic rings. The Morgan fingerprint density at radius 3 is 2.57 bits per heavy atom. The van der Waals surface area contributed by atoms with E-state index in [4.69, 9.17) is 4.74 Å². The second-order valence-electron chi connectivity index (χ2n) is 6.77. The molecule has 1 heterocycles. The van der Waals surface area contributed by atoms with Crippen molar-refractivity contribution in [2.45, 2.75) is 46.3 Å². The van der Waals surface area contributed by atoms with E-state index in [1.54, 1.807) is 30.5 Å². The van der Waals surface area contributed by atoms with Gasteiger partial charge in [-0.2, -0.15) is 0 Å². The first-order valence-corrected chi connectivity index (χ1v) is 7.81. The van der Waals surface area contributed by atoms with E-state index < -0.39 is 0 Å². The average molecular weight is 312 g/mol. The second-order valence-corrected chi connectivity index (χ2v) is 6.77. The van der Waals surface area contributed by atoms with Crippen LogP contribution >= 0.6 is 0 Å². The van der Waals surface area contributed by atoms with Crippen molar-refractivity contribution in [1.82, 2.24) is 4.98 Å². The van der Waals surface area contributed by atoms with Crippen LogP contribution in [0.3, 0.4) is 0 Å². The molecule has 0 amide bonds. The minimum absolute atomic E-state index is 0.0689. The maximum Gasteiger partial charge on any atom is 0.196 e. The van der Waals surface area contributed by atoms with Crippen molar-refractivity contribution in [3.8, 4) is 5.75 Å². The molecule has 23 heavy (non-hydrogen) atoms. The molecule has 2 aromatic rings. The highest BCUT2D eigenvalue weighted by Gasteiger charge is 2.17. The number of pyridine rings is 1. The zero-order valence-corrected chi connectivity index (χ0v) is 14.4. The molecule has 1 aromatic carbocycles. The van der Waals surface area contributed by atoms with Gasteiger partial charge in [0.25, 0.3) is 0 Å². The molecule has 0 spiro atoms. The SMILES string of the molecule is CC(C)Nc1ncccc1C(=O)c1cccc(OC(C)(C)C)c1. The fourth-order valence-corrected chi connectivity index (χ4v) is 2.19.